The van der Waals surface area contributed by atoms with E-state index in [9.17, 15) is 8.42 Å². The molecule has 0 amide bonds. The van der Waals surface area contributed by atoms with Gasteiger partial charge in [0.25, 0.3) is 10.0 Å². The van der Waals surface area contributed by atoms with Gasteiger partial charge in [0, 0.05) is 0 Å². The van der Waals surface area contributed by atoms with E-state index in [-0.39, 0.29) is 4.90 Å². The van der Waals surface area contributed by atoms with Crippen molar-refractivity contribution in [3.8, 4) is 0 Å². The smallest absolute Gasteiger partial charge is 0.210 e. The molecule has 5 nitrogen and oxygen atoms in total. The first-order chi connectivity index (χ1) is 6.71. The predicted octanol–water partition coefficient (Wildman–Crippen LogP) is 0.515. The Kier molecular flexibility index (Phi) is 2.05. The summed E-state index contributed by atoms with van der Waals surface area (Å²) in [5.74, 6) is 0. The lowest BCUT2D eigenvalue weighted by Crippen LogP contribution is -2.10. The molecule has 0 radical (unpaired) electrons. The van der Waals surface area contributed by atoms with E-state index in [0.717, 1.165) is 16.6 Å². The van der Waals surface area contributed by atoms with Crippen molar-refractivity contribution in [1.29, 1.82) is 0 Å². The van der Waals surface area contributed by atoms with Crippen molar-refractivity contribution in [3.05, 3.63) is 43.0 Å². The van der Waals surface area contributed by atoms with Crippen LogP contribution in [0.15, 0.2) is 47.9 Å². The Labute approximate surface area is 81.1 Å². The fourth-order valence-corrected chi connectivity index (χ4v) is 2.11. The van der Waals surface area contributed by atoms with Gasteiger partial charge in [0.1, 0.15) is 12.7 Å². The zero-order chi connectivity index (χ0) is 10.0. The Morgan fingerprint density at radius 2 is 1.57 bits per heavy atom. The summed E-state index contributed by atoms with van der Waals surface area (Å²) >= 11 is 0. The van der Waals surface area contributed by atoms with E-state index in [0.29, 0.717) is 0 Å². The summed E-state index contributed by atoms with van der Waals surface area (Å²) in [5, 5.41) is 6.90. The molecule has 1 aromatic carbocycles. The summed E-state index contributed by atoms with van der Waals surface area (Å²) in [6.45, 7) is 0. The highest BCUT2D eigenvalue weighted by molar-refractivity contribution is 7.90. The van der Waals surface area contributed by atoms with Crippen LogP contribution in [-0.4, -0.2) is 22.6 Å². The van der Waals surface area contributed by atoms with Gasteiger partial charge in [-0.05, 0) is 12.1 Å². The number of rotatable bonds is 2. The number of benzene rings is 1. The minimum absolute atomic E-state index is 0.222. The summed E-state index contributed by atoms with van der Waals surface area (Å²) in [6, 6.07) is 8.13. The molecule has 1 aromatic heterocycles. The molecule has 0 aliphatic heterocycles. The van der Waals surface area contributed by atoms with Crippen molar-refractivity contribution in [2.24, 2.45) is 0 Å². The predicted molar refractivity (Wildman–Crippen MR) is 49.0 cm³/mol. The van der Waals surface area contributed by atoms with Crippen molar-refractivity contribution in [1.82, 2.24) is 14.2 Å². The molecule has 0 N–H and O–H groups in total. The molecule has 0 atom stereocenters. The molecule has 0 unspecified atom stereocenters. The molecule has 0 aliphatic carbocycles. The number of nitrogens with zero attached hydrogens (tertiary/aromatic N) is 3. The van der Waals surface area contributed by atoms with Gasteiger partial charge in [-0.2, -0.15) is 0 Å². The molecule has 0 spiro atoms. The first-order valence-corrected chi connectivity index (χ1v) is 5.30. The van der Waals surface area contributed by atoms with Gasteiger partial charge in [-0.3, -0.25) is 0 Å². The molecule has 0 bridgehead atoms. The molecule has 2 rings (SSSR count). The Bertz CT molecular complexity index is 505. The third-order valence-electron chi connectivity index (χ3n) is 1.72. The Morgan fingerprint density at radius 1 is 1.00 bits per heavy atom. The molecule has 6 heteroatoms. The topological polar surface area (TPSA) is 64.8 Å². The van der Waals surface area contributed by atoms with Crippen molar-refractivity contribution in [2.75, 3.05) is 0 Å². The summed E-state index contributed by atoms with van der Waals surface area (Å²) in [6.07, 6.45) is 2.31. The zero-order valence-corrected chi connectivity index (χ0v) is 7.92. The molecule has 2 aromatic rings. The Balaban J connectivity index is 2.55. The minimum Gasteiger partial charge on any atom is -0.210 e. The maximum absolute atomic E-state index is 11.8. The zero-order valence-electron chi connectivity index (χ0n) is 7.11. The Morgan fingerprint density at radius 3 is 2.14 bits per heavy atom. The second kappa shape index (κ2) is 3.22. The molecule has 0 saturated heterocycles. The molecule has 14 heavy (non-hydrogen) atoms. The Hall–Kier alpha value is -1.69. The van der Waals surface area contributed by atoms with Gasteiger partial charge >= 0.3 is 0 Å². The number of hydrogen-bond donors (Lipinski definition) is 0. The fourth-order valence-electron chi connectivity index (χ4n) is 1.03. The van der Waals surface area contributed by atoms with Crippen LogP contribution in [0.25, 0.3) is 0 Å². The lowest BCUT2D eigenvalue weighted by Gasteiger charge is -2.02. The van der Waals surface area contributed by atoms with Gasteiger partial charge in [0.05, 0.1) is 4.90 Å². The third-order valence-corrected chi connectivity index (χ3v) is 3.33. The van der Waals surface area contributed by atoms with Crippen molar-refractivity contribution < 1.29 is 8.42 Å². The lowest BCUT2D eigenvalue weighted by molar-refractivity contribution is 0.587. The lowest BCUT2D eigenvalue weighted by atomic mass is 10.4. The second-order valence-corrected chi connectivity index (χ2v) is 4.45. The normalized spacial score (nSPS) is 11.4. The number of aromatic nitrogens is 3. The first-order valence-electron chi connectivity index (χ1n) is 3.86. The van der Waals surface area contributed by atoms with Crippen LogP contribution in [0.5, 0.6) is 0 Å². The van der Waals surface area contributed by atoms with Crippen LogP contribution < -0.4 is 0 Å². The molecule has 0 aliphatic rings. The van der Waals surface area contributed by atoms with Crippen molar-refractivity contribution in [2.45, 2.75) is 4.90 Å². The second-order valence-electron chi connectivity index (χ2n) is 2.61. The van der Waals surface area contributed by atoms with Crippen molar-refractivity contribution >= 4 is 10.0 Å². The van der Waals surface area contributed by atoms with E-state index < -0.39 is 10.0 Å². The molecular weight excluding hydrogens is 202 g/mol. The van der Waals surface area contributed by atoms with E-state index in [2.05, 4.69) is 10.2 Å². The van der Waals surface area contributed by atoms with E-state index in [1.54, 1.807) is 18.2 Å². The van der Waals surface area contributed by atoms with Gasteiger partial charge in [-0.15, -0.1) is 10.2 Å². The quantitative estimate of drug-likeness (QED) is 0.723. The largest absolute Gasteiger partial charge is 0.270 e. The molecular formula is C8H7N3O2S. The average Bonchev–Trinajstić information content (AvgIpc) is 2.72. The van der Waals surface area contributed by atoms with E-state index in [1.165, 1.54) is 12.1 Å². The summed E-state index contributed by atoms with van der Waals surface area (Å²) in [7, 11) is -3.50. The molecule has 72 valence electrons. The third kappa shape index (κ3) is 1.39. The van der Waals surface area contributed by atoms with Crippen LogP contribution >= 0.6 is 0 Å². The summed E-state index contributed by atoms with van der Waals surface area (Å²) < 4.78 is 24.5. The fraction of sp³-hybridized carbons (Fsp3) is 0. The highest BCUT2D eigenvalue weighted by atomic mass is 32.2. The highest BCUT2D eigenvalue weighted by Crippen LogP contribution is 2.10. The van der Waals surface area contributed by atoms with Gasteiger partial charge in [0.2, 0.25) is 0 Å². The van der Waals surface area contributed by atoms with Gasteiger partial charge in [0.15, 0.2) is 0 Å². The summed E-state index contributed by atoms with van der Waals surface area (Å²) in [5.41, 5.74) is 0. The van der Waals surface area contributed by atoms with E-state index in [4.69, 9.17) is 0 Å². The SMILES string of the molecule is O=S(=O)(c1ccccc1)n1cnnc1. The average molecular weight is 209 g/mol. The number of hydrogen-bond acceptors (Lipinski definition) is 4. The van der Waals surface area contributed by atoms with Crippen LogP contribution in [0.4, 0.5) is 0 Å². The van der Waals surface area contributed by atoms with E-state index in [1.807, 2.05) is 0 Å². The summed E-state index contributed by atoms with van der Waals surface area (Å²) in [4.78, 5) is 0.222. The minimum atomic E-state index is -3.50. The van der Waals surface area contributed by atoms with Gasteiger partial charge in [-0.1, -0.05) is 18.2 Å². The first kappa shape index (κ1) is 8.89. The van der Waals surface area contributed by atoms with Crippen molar-refractivity contribution in [3.63, 3.8) is 0 Å². The van der Waals surface area contributed by atoms with E-state index >= 15 is 0 Å². The van der Waals surface area contributed by atoms with Crippen LogP contribution in [-0.2, 0) is 10.0 Å². The van der Waals surface area contributed by atoms with Gasteiger partial charge in [-0.25, -0.2) is 12.4 Å². The molecule has 0 saturated carbocycles. The highest BCUT2D eigenvalue weighted by Gasteiger charge is 2.15. The monoisotopic (exact) mass is 209 g/mol. The maximum Gasteiger partial charge on any atom is 0.270 e. The van der Waals surface area contributed by atoms with Crippen LogP contribution in [0.2, 0.25) is 0 Å². The van der Waals surface area contributed by atoms with Gasteiger partial charge < -0.3 is 0 Å². The van der Waals surface area contributed by atoms with Crippen LogP contribution in [0.1, 0.15) is 0 Å². The van der Waals surface area contributed by atoms with Crippen LogP contribution in [0, 0.1) is 0 Å². The van der Waals surface area contributed by atoms with Crippen LogP contribution in [0.3, 0.4) is 0 Å². The maximum atomic E-state index is 11.8. The standard InChI is InChI=1S/C8H7N3O2S/c12-14(13,11-6-9-10-7-11)8-4-2-1-3-5-8/h1-7H. The molecule has 0 fully saturated rings. The molecule has 1 heterocycles.